The van der Waals surface area contributed by atoms with E-state index in [1.54, 1.807) is 0 Å². The Hall–Kier alpha value is -0.720. The standard InChI is InChI=1S/C13H20N/c1-2-4-8-12(9-5-3-1)13-10-6-7-11-14-13/h6-7,11-14H,1-5,8-9H2. The van der Waals surface area contributed by atoms with Crippen molar-refractivity contribution in [2.75, 3.05) is 0 Å². The molecule has 1 saturated carbocycles. The summed E-state index contributed by atoms with van der Waals surface area (Å²) in [4.78, 5) is 0. The van der Waals surface area contributed by atoms with Gasteiger partial charge in [0.1, 0.15) is 0 Å². The molecule has 1 aliphatic heterocycles. The SMILES string of the molecule is [C]1=CC=CNC1C1CCCCCCC1. The molecule has 2 rings (SSSR count). The molecule has 0 aromatic heterocycles. The Morgan fingerprint density at radius 2 is 1.71 bits per heavy atom. The summed E-state index contributed by atoms with van der Waals surface area (Å²) < 4.78 is 0. The van der Waals surface area contributed by atoms with Gasteiger partial charge in [0.05, 0.1) is 6.04 Å². The zero-order valence-electron chi connectivity index (χ0n) is 8.84. The van der Waals surface area contributed by atoms with Gasteiger partial charge in [-0.1, -0.05) is 38.2 Å². The van der Waals surface area contributed by atoms with Crippen molar-refractivity contribution in [1.29, 1.82) is 0 Å². The lowest BCUT2D eigenvalue weighted by molar-refractivity contribution is 0.328. The highest BCUT2D eigenvalue weighted by molar-refractivity contribution is 5.08. The normalized spacial score (nSPS) is 29.3. The molecule has 1 radical (unpaired) electrons. The lowest BCUT2D eigenvalue weighted by Crippen LogP contribution is -2.33. The van der Waals surface area contributed by atoms with Crippen molar-refractivity contribution >= 4 is 0 Å². The number of rotatable bonds is 1. The number of allylic oxidation sites excluding steroid dienone is 2. The molecule has 1 atom stereocenters. The average Bonchev–Trinajstić information content (AvgIpc) is 2.18. The molecule has 14 heavy (non-hydrogen) atoms. The molecule has 0 aromatic carbocycles. The van der Waals surface area contributed by atoms with Crippen LogP contribution in [0.4, 0.5) is 0 Å². The summed E-state index contributed by atoms with van der Waals surface area (Å²) in [6, 6.07) is 0.484. The maximum Gasteiger partial charge on any atom is 0.0540 e. The monoisotopic (exact) mass is 190 g/mol. The van der Waals surface area contributed by atoms with E-state index < -0.39 is 0 Å². The van der Waals surface area contributed by atoms with Gasteiger partial charge in [-0.25, -0.2) is 0 Å². The summed E-state index contributed by atoms with van der Waals surface area (Å²) in [6.07, 6.45) is 19.5. The Morgan fingerprint density at radius 3 is 2.36 bits per heavy atom. The molecule has 1 fully saturated rings. The van der Waals surface area contributed by atoms with Gasteiger partial charge >= 0.3 is 0 Å². The predicted octanol–water partition coefficient (Wildman–Crippen LogP) is 3.19. The third kappa shape index (κ3) is 2.63. The molecular weight excluding hydrogens is 170 g/mol. The lowest BCUT2D eigenvalue weighted by Gasteiger charge is -2.27. The molecule has 1 N–H and O–H groups in total. The minimum absolute atomic E-state index is 0.484. The highest BCUT2D eigenvalue weighted by Gasteiger charge is 2.19. The average molecular weight is 190 g/mol. The van der Waals surface area contributed by atoms with E-state index in [0.29, 0.717) is 6.04 Å². The van der Waals surface area contributed by atoms with Crippen molar-refractivity contribution < 1.29 is 0 Å². The zero-order valence-corrected chi connectivity index (χ0v) is 8.84. The number of hydrogen-bond acceptors (Lipinski definition) is 1. The van der Waals surface area contributed by atoms with Crippen molar-refractivity contribution in [3.05, 3.63) is 24.4 Å². The summed E-state index contributed by atoms with van der Waals surface area (Å²) >= 11 is 0. The molecule has 1 unspecified atom stereocenters. The van der Waals surface area contributed by atoms with Crippen LogP contribution in [-0.4, -0.2) is 6.04 Å². The van der Waals surface area contributed by atoms with E-state index in [0.717, 1.165) is 5.92 Å². The van der Waals surface area contributed by atoms with Crippen LogP contribution in [0.3, 0.4) is 0 Å². The number of nitrogens with one attached hydrogen (secondary N) is 1. The fourth-order valence-electron chi connectivity index (χ4n) is 2.51. The topological polar surface area (TPSA) is 12.0 Å². The summed E-state index contributed by atoms with van der Waals surface area (Å²) in [6.45, 7) is 0. The Balaban J connectivity index is 1.87. The first-order valence-electron chi connectivity index (χ1n) is 5.97. The molecule has 0 saturated heterocycles. The minimum Gasteiger partial charge on any atom is -0.384 e. The van der Waals surface area contributed by atoms with Gasteiger partial charge in [-0.2, -0.15) is 0 Å². The predicted molar refractivity (Wildman–Crippen MR) is 59.7 cm³/mol. The van der Waals surface area contributed by atoms with Crippen LogP contribution >= 0.6 is 0 Å². The van der Waals surface area contributed by atoms with Crippen LogP contribution in [0.1, 0.15) is 44.9 Å². The molecule has 1 aliphatic carbocycles. The summed E-state index contributed by atoms with van der Waals surface area (Å²) in [7, 11) is 0. The molecule has 1 heteroatoms. The van der Waals surface area contributed by atoms with Gasteiger partial charge in [0.15, 0.2) is 0 Å². The van der Waals surface area contributed by atoms with E-state index >= 15 is 0 Å². The van der Waals surface area contributed by atoms with E-state index in [1.165, 1.54) is 44.9 Å². The van der Waals surface area contributed by atoms with E-state index in [1.807, 2.05) is 6.08 Å². The Kier molecular flexibility index (Phi) is 3.67. The van der Waals surface area contributed by atoms with Crippen LogP contribution < -0.4 is 5.32 Å². The molecule has 0 spiro atoms. The molecule has 0 amide bonds. The summed E-state index contributed by atoms with van der Waals surface area (Å²) in [5.74, 6) is 0.816. The largest absolute Gasteiger partial charge is 0.384 e. The van der Waals surface area contributed by atoms with Crippen LogP contribution in [0.2, 0.25) is 0 Å². The van der Waals surface area contributed by atoms with Gasteiger partial charge in [0.25, 0.3) is 0 Å². The van der Waals surface area contributed by atoms with Crippen LogP contribution in [0.15, 0.2) is 18.4 Å². The molecule has 1 nitrogen and oxygen atoms in total. The van der Waals surface area contributed by atoms with Gasteiger partial charge in [-0.3, -0.25) is 0 Å². The summed E-state index contributed by atoms with van der Waals surface area (Å²) in [5.41, 5.74) is 0. The third-order valence-corrected chi connectivity index (χ3v) is 3.37. The number of hydrogen-bond donors (Lipinski definition) is 1. The van der Waals surface area contributed by atoms with Gasteiger partial charge in [-0.05, 0) is 37.1 Å². The second kappa shape index (κ2) is 5.23. The summed E-state index contributed by atoms with van der Waals surface area (Å²) in [5, 5.41) is 3.41. The van der Waals surface area contributed by atoms with Gasteiger partial charge in [0.2, 0.25) is 0 Å². The van der Waals surface area contributed by atoms with Gasteiger partial charge < -0.3 is 5.32 Å². The highest BCUT2D eigenvalue weighted by atomic mass is 14.9. The minimum atomic E-state index is 0.484. The molecular formula is C13H20N. The van der Waals surface area contributed by atoms with Crippen LogP contribution in [0.5, 0.6) is 0 Å². The molecule has 0 bridgehead atoms. The van der Waals surface area contributed by atoms with Gasteiger partial charge in [0, 0.05) is 0 Å². The Bertz CT molecular complexity index is 209. The quantitative estimate of drug-likeness (QED) is 0.669. The van der Waals surface area contributed by atoms with Crippen LogP contribution in [0, 0.1) is 12.0 Å². The molecule has 77 valence electrons. The van der Waals surface area contributed by atoms with Crippen molar-refractivity contribution in [3.63, 3.8) is 0 Å². The fraction of sp³-hybridized carbons (Fsp3) is 0.692. The van der Waals surface area contributed by atoms with Crippen molar-refractivity contribution in [1.82, 2.24) is 5.32 Å². The first-order valence-corrected chi connectivity index (χ1v) is 5.97. The zero-order chi connectivity index (χ0) is 9.64. The highest BCUT2D eigenvalue weighted by Crippen LogP contribution is 2.25. The molecule has 1 heterocycles. The fourth-order valence-corrected chi connectivity index (χ4v) is 2.51. The van der Waals surface area contributed by atoms with Crippen molar-refractivity contribution in [2.24, 2.45) is 5.92 Å². The van der Waals surface area contributed by atoms with Crippen LogP contribution in [-0.2, 0) is 0 Å². The third-order valence-electron chi connectivity index (χ3n) is 3.37. The first-order chi connectivity index (χ1) is 6.97. The lowest BCUT2D eigenvalue weighted by atomic mass is 9.85. The second-order valence-electron chi connectivity index (χ2n) is 4.44. The first kappa shape index (κ1) is 9.82. The van der Waals surface area contributed by atoms with E-state index in [-0.39, 0.29) is 0 Å². The maximum atomic E-state index is 3.41. The van der Waals surface area contributed by atoms with Crippen molar-refractivity contribution in [2.45, 2.75) is 51.0 Å². The maximum absolute atomic E-state index is 3.41. The van der Waals surface area contributed by atoms with E-state index in [9.17, 15) is 0 Å². The smallest absolute Gasteiger partial charge is 0.0540 e. The van der Waals surface area contributed by atoms with E-state index in [4.69, 9.17) is 0 Å². The second-order valence-corrected chi connectivity index (χ2v) is 4.44. The molecule has 0 aromatic rings. The number of dihydropyridines is 1. The van der Waals surface area contributed by atoms with Crippen LogP contribution in [0.25, 0.3) is 0 Å². The van der Waals surface area contributed by atoms with Gasteiger partial charge in [-0.15, -0.1) is 0 Å². The Morgan fingerprint density at radius 1 is 1.00 bits per heavy atom. The Labute approximate surface area is 87.3 Å². The van der Waals surface area contributed by atoms with Crippen molar-refractivity contribution in [3.8, 4) is 0 Å². The molecule has 2 aliphatic rings. The van der Waals surface area contributed by atoms with E-state index in [2.05, 4.69) is 23.7 Å².